The van der Waals surface area contributed by atoms with Crippen molar-refractivity contribution in [3.05, 3.63) is 46.6 Å². The van der Waals surface area contributed by atoms with E-state index >= 15 is 0 Å². The molecule has 35 heavy (non-hydrogen) atoms. The molecule has 0 fully saturated rings. The van der Waals surface area contributed by atoms with Gasteiger partial charge in [-0.05, 0) is 30.7 Å². The summed E-state index contributed by atoms with van der Waals surface area (Å²) in [5, 5.41) is 5.21. The first-order valence-corrected chi connectivity index (χ1v) is 12.4. The molecule has 0 spiro atoms. The monoisotopic (exact) mass is 494 g/mol. The van der Waals surface area contributed by atoms with E-state index < -0.39 is 0 Å². The summed E-state index contributed by atoms with van der Waals surface area (Å²) in [5.74, 6) is 3.77. The molecule has 0 aliphatic carbocycles. The number of nitrogens with zero attached hydrogens (tertiary/aromatic N) is 4. The summed E-state index contributed by atoms with van der Waals surface area (Å²) in [4.78, 5) is 22.7. The van der Waals surface area contributed by atoms with E-state index in [-0.39, 0.29) is 19.1 Å². The molecule has 2 aromatic heterocycles. The van der Waals surface area contributed by atoms with Gasteiger partial charge < -0.3 is 23.5 Å². The van der Waals surface area contributed by atoms with Crippen LogP contribution in [0.3, 0.4) is 0 Å². The van der Waals surface area contributed by atoms with Crippen LogP contribution in [0.25, 0.3) is 22.3 Å². The summed E-state index contributed by atoms with van der Waals surface area (Å²) < 4.78 is 28.9. The Morgan fingerprint density at radius 2 is 1.71 bits per heavy atom. The molecule has 4 aromatic rings. The topological polar surface area (TPSA) is 111 Å². The molecular weight excluding hydrogens is 472 g/mol. The number of thioether (sulfide) groups is 1. The third-order valence-electron chi connectivity index (χ3n) is 5.82. The number of fused-ring (bicyclic) bond motifs is 3. The Morgan fingerprint density at radius 3 is 2.54 bits per heavy atom. The van der Waals surface area contributed by atoms with Crippen molar-refractivity contribution in [2.75, 3.05) is 13.6 Å². The molecule has 6 rings (SSSR count). The SMILES string of the molecule is CCCCCn1c(SCc2nc(-c3ccc4c(c3)OCO4)no2)nc2cc3c(cc2c1=O)OCO3. The van der Waals surface area contributed by atoms with E-state index in [0.717, 1.165) is 24.8 Å². The Morgan fingerprint density at radius 1 is 0.943 bits per heavy atom. The first-order valence-electron chi connectivity index (χ1n) is 11.4. The Kier molecular flexibility index (Phi) is 5.69. The zero-order valence-corrected chi connectivity index (χ0v) is 19.8. The van der Waals surface area contributed by atoms with Crippen molar-refractivity contribution < 1.29 is 23.5 Å². The lowest BCUT2D eigenvalue weighted by molar-refractivity contribution is 0.173. The molecule has 0 unspecified atom stereocenters. The fraction of sp³-hybridized carbons (Fsp3) is 0.333. The van der Waals surface area contributed by atoms with Gasteiger partial charge in [0, 0.05) is 18.2 Å². The van der Waals surface area contributed by atoms with E-state index in [1.807, 2.05) is 18.2 Å². The number of unbranched alkanes of at least 4 members (excludes halogenated alkanes) is 2. The quantitative estimate of drug-likeness (QED) is 0.199. The van der Waals surface area contributed by atoms with Gasteiger partial charge in [-0.2, -0.15) is 4.98 Å². The lowest BCUT2D eigenvalue weighted by Gasteiger charge is -2.12. The van der Waals surface area contributed by atoms with E-state index in [0.29, 0.717) is 63.1 Å². The van der Waals surface area contributed by atoms with Crippen LogP contribution < -0.4 is 24.5 Å². The van der Waals surface area contributed by atoms with Crippen LogP contribution in [-0.4, -0.2) is 33.3 Å². The van der Waals surface area contributed by atoms with Gasteiger partial charge in [0.2, 0.25) is 25.3 Å². The lowest BCUT2D eigenvalue weighted by atomic mass is 10.2. The second kappa shape index (κ2) is 9.14. The van der Waals surface area contributed by atoms with Crippen molar-refractivity contribution in [3.63, 3.8) is 0 Å². The minimum atomic E-state index is -0.0986. The molecule has 0 radical (unpaired) electrons. The molecule has 0 atom stereocenters. The molecule has 0 amide bonds. The fourth-order valence-electron chi connectivity index (χ4n) is 4.01. The van der Waals surface area contributed by atoms with Crippen LogP contribution >= 0.6 is 11.8 Å². The maximum Gasteiger partial charge on any atom is 0.262 e. The maximum atomic E-state index is 13.4. The molecule has 10 nitrogen and oxygen atoms in total. The maximum absolute atomic E-state index is 13.4. The minimum Gasteiger partial charge on any atom is -0.454 e. The van der Waals surface area contributed by atoms with Crippen molar-refractivity contribution in [1.82, 2.24) is 19.7 Å². The Bertz CT molecular complexity index is 1470. The standard InChI is InChI=1S/C24H22N4O6S/c1-2-3-4-7-28-23(29)15-9-19-20(33-13-32-19)10-16(15)25-24(28)35-11-21-26-22(27-34-21)14-5-6-17-18(8-14)31-12-30-17/h5-6,8-10H,2-4,7,11-13H2,1H3. The van der Waals surface area contributed by atoms with Crippen LogP contribution in [0.4, 0.5) is 0 Å². The Labute approximate surface area is 204 Å². The Balaban J connectivity index is 1.28. The van der Waals surface area contributed by atoms with Crippen molar-refractivity contribution in [2.45, 2.75) is 43.6 Å². The van der Waals surface area contributed by atoms with Gasteiger partial charge in [0.25, 0.3) is 5.56 Å². The summed E-state index contributed by atoms with van der Waals surface area (Å²) in [6, 6.07) is 8.97. The second-order valence-electron chi connectivity index (χ2n) is 8.15. The lowest BCUT2D eigenvalue weighted by Crippen LogP contribution is -2.23. The highest BCUT2D eigenvalue weighted by molar-refractivity contribution is 7.98. The van der Waals surface area contributed by atoms with Crippen LogP contribution in [0.15, 0.2) is 44.8 Å². The summed E-state index contributed by atoms with van der Waals surface area (Å²) >= 11 is 1.39. The molecule has 2 aliphatic heterocycles. The van der Waals surface area contributed by atoms with Gasteiger partial charge in [-0.15, -0.1) is 0 Å². The van der Waals surface area contributed by atoms with Crippen molar-refractivity contribution in [2.24, 2.45) is 0 Å². The van der Waals surface area contributed by atoms with Crippen molar-refractivity contribution in [1.29, 1.82) is 0 Å². The largest absolute Gasteiger partial charge is 0.454 e. The number of hydrogen-bond donors (Lipinski definition) is 0. The van der Waals surface area contributed by atoms with Gasteiger partial charge in [0.15, 0.2) is 28.2 Å². The number of hydrogen-bond acceptors (Lipinski definition) is 10. The van der Waals surface area contributed by atoms with E-state index in [1.165, 1.54) is 11.8 Å². The zero-order chi connectivity index (χ0) is 23.8. The molecule has 2 aliphatic rings. The molecule has 11 heteroatoms. The number of benzene rings is 2. The van der Waals surface area contributed by atoms with Crippen LogP contribution in [0.1, 0.15) is 32.1 Å². The van der Waals surface area contributed by atoms with Crippen molar-refractivity contribution >= 4 is 22.7 Å². The van der Waals surface area contributed by atoms with E-state index in [4.69, 9.17) is 28.5 Å². The minimum absolute atomic E-state index is 0.0986. The van der Waals surface area contributed by atoms with E-state index in [1.54, 1.807) is 16.7 Å². The average molecular weight is 495 g/mol. The number of ether oxygens (including phenoxy) is 4. The Hall–Kier alpha value is -3.73. The van der Waals surface area contributed by atoms with Gasteiger partial charge in [-0.25, -0.2) is 4.98 Å². The molecule has 0 saturated heterocycles. The van der Waals surface area contributed by atoms with E-state index in [2.05, 4.69) is 17.1 Å². The number of rotatable bonds is 8. The number of aromatic nitrogens is 4. The first kappa shape index (κ1) is 21.8. The second-order valence-corrected chi connectivity index (χ2v) is 9.09. The molecule has 180 valence electrons. The molecule has 0 N–H and O–H groups in total. The zero-order valence-electron chi connectivity index (χ0n) is 19.0. The molecule has 4 heterocycles. The van der Waals surface area contributed by atoms with Gasteiger partial charge >= 0.3 is 0 Å². The first-order chi connectivity index (χ1) is 17.2. The van der Waals surface area contributed by atoms with Crippen LogP contribution in [0.2, 0.25) is 0 Å². The predicted molar refractivity (Wildman–Crippen MR) is 127 cm³/mol. The van der Waals surface area contributed by atoms with Gasteiger partial charge in [0.1, 0.15) is 0 Å². The molecular formula is C24H22N4O6S. The molecule has 2 aromatic carbocycles. The predicted octanol–water partition coefficient (Wildman–Crippen LogP) is 4.39. The van der Waals surface area contributed by atoms with Gasteiger partial charge in [0.05, 0.1) is 16.7 Å². The molecule has 0 bridgehead atoms. The average Bonchev–Trinajstić information content (AvgIpc) is 3.63. The van der Waals surface area contributed by atoms with Crippen LogP contribution in [0, 0.1) is 0 Å². The van der Waals surface area contributed by atoms with Crippen LogP contribution in [-0.2, 0) is 12.3 Å². The van der Waals surface area contributed by atoms with Gasteiger partial charge in [-0.3, -0.25) is 9.36 Å². The highest BCUT2D eigenvalue weighted by Gasteiger charge is 2.20. The summed E-state index contributed by atoms with van der Waals surface area (Å²) in [6.07, 6.45) is 2.97. The summed E-state index contributed by atoms with van der Waals surface area (Å²) in [6.45, 7) is 3.05. The summed E-state index contributed by atoms with van der Waals surface area (Å²) in [7, 11) is 0. The summed E-state index contributed by atoms with van der Waals surface area (Å²) in [5.41, 5.74) is 1.24. The van der Waals surface area contributed by atoms with Crippen molar-refractivity contribution in [3.8, 4) is 34.4 Å². The van der Waals surface area contributed by atoms with Gasteiger partial charge in [-0.1, -0.05) is 36.7 Å². The third kappa shape index (κ3) is 4.16. The highest BCUT2D eigenvalue weighted by Crippen LogP contribution is 2.36. The third-order valence-corrected chi connectivity index (χ3v) is 6.78. The smallest absolute Gasteiger partial charge is 0.262 e. The fourth-order valence-corrected chi connectivity index (χ4v) is 4.87. The molecule has 0 saturated carbocycles. The van der Waals surface area contributed by atoms with E-state index in [9.17, 15) is 4.79 Å². The normalized spacial score (nSPS) is 13.6. The highest BCUT2D eigenvalue weighted by atomic mass is 32.2. The van der Waals surface area contributed by atoms with Crippen LogP contribution in [0.5, 0.6) is 23.0 Å².